The SMILES string of the molecule is COC(=O)C1CCCN1C(C)=O. The number of amides is 1. The van der Waals surface area contributed by atoms with E-state index in [2.05, 4.69) is 4.74 Å². The van der Waals surface area contributed by atoms with Crippen molar-refractivity contribution in [3.8, 4) is 0 Å². The van der Waals surface area contributed by atoms with E-state index in [1.165, 1.54) is 14.0 Å². The molecule has 0 radical (unpaired) electrons. The van der Waals surface area contributed by atoms with E-state index in [-0.39, 0.29) is 17.9 Å². The van der Waals surface area contributed by atoms with Crippen LogP contribution in [-0.2, 0) is 14.3 Å². The second-order valence-corrected chi connectivity index (χ2v) is 2.89. The minimum Gasteiger partial charge on any atom is -0.467 e. The zero-order chi connectivity index (χ0) is 9.14. The summed E-state index contributed by atoms with van der Waals surface area (Å²) in [6.45, 7) is 2.15. The van der Waals surface area contributed by atoms with Gasteiger partial charge in [-0.25, -0.2) is 4.79 Å². The van der Waals surface area contributed by atoms with Crippen LogP contribution in [0.1, 0.15) is 19.8 Å². The molecule has 1 unspecified atom stereocenters. The van der Waals surface area contributed by atoms with Gasteiger partial charge >= 0.3 is 5.97 Å². The highest BCUT2D eigenvalue weighted by molar-refractivity contribution is 5.83. The predicted octanol–water partition coefficient (Wildman–Crippen LogP) is 0.170. The number of methoxy groups -OCH3 is 1. The molecule has 1 heterocycles. The zero-order valence-corrected chi connectivity index (χ0v) is 7.37. The van der Waals surface area contributed by atoms with Crippen LogP contribution in [0, 0.1) is 0 Å². The quantitative estimate of drug-likeness (QED) is 0.528. The largest absolute Gasteiger partial charge is 0.467 e. The molecule has 0 aliphatic carbocycles. The maximum atomic E-state index is 11.1. The van der Waals surface area contributed by atoms with Crippen molar-refractivity contribution in [3.63, 3.8) is 0 Å². The van der Waals surface area contributed by atoms with Crippen LogP contribution >= 0.6 is 0 Å². The van der Waals surface area contributed by atoms with Gasteiger partial charge in [0, 0.05) is 13.5 Å². The number of hydrogen-bond acceptors (Lipinski definition) is 3. The third-order valence-corrected chi connectivity index (χ3v) is 2.13. The first-order chi connectivity index (χ1) is 5.66. The average Bonchev–Trinajstić information content (AvgIpc) is 2.50. The predicted molar refractivity (Wildman–Crippen MR) is 42.4 cm³/mol. The summed E-state index contributed by atoms with van der Waals surface area (Å²) in [5.41, 5.74) is 0. The van der Waals surface area contributed by atoms with E-state index in [1.807, 2.05) is 0 Å². The summed E-state index contributed by atoms with van der Waals surface area (Å²) < 4.78 is 4.58. The zero-order valence-electron chi connectivity index (χ0n) is 7.37. The van der Waals surface area contributed by atoms with Crippen molar-refractivity contribution in [1.82, 2.24) is 4.90 Å². The van der Waals surface area contributed by atoms with Gasteiger partial charge in [0.05, 0.1) is 7.11 Å². The van der Waals surface area contributed by atoms with Crippen molar-refractivity contribution >= 4 is 11.9 Å². The van der Waals surface area contributed by atoms with Gasteiger partial charge < -0.3 is 9.64 Å². The fourth-order valence-electron chi connectivity index (χ4n) is 1.52. The second kappa shape index (κ2) is 3.56. The van der Waals surface area contributed by atoms with E-state index < -0.39 is 0 Å². The summed E-state index contributed by atoms with van der Waals surface area (Å²) in [6.07, 6.45) is 1.62. The molecule has 4 nitrogen and oxygen atoms in total. The molecule has 0 aromatic heterocycles. The van der Waals surface area contributed by atoms with Gasteiger partial charge in [-0.15, -0.1) is 0 Å². The number of likely N-dealkylation sites (tertiary alicyclic amines) is 1. The van der Waals surface area contributed by atoms with Gasteiger partial charge in [0.2, 0.25) is 5.91 Å². The van der Waals surface area contributed by atoms with E-state index in [9.17, 15) is 9.59 Å². The molecule has 0 spiro atoms. The van der Waals surface area contributed by atoms with Gasteiger partial charge in [0.1, 0.15) is 6.04 Å². The Balaban J connectivity index is 2.63. The molecule has 0 saturated carbocycles. The monoisotopic (exact) mass is 171 g/mol. The molecule has 1 fully saturated rings. The lowest BCUT2D eigenvalue weighted by Gasteiger charge is -2.20. The first-order valence-electron chi connectivity index (χ1n) is 4.02. The van der Waals surface area contributed by atoms with Crippen molar-refractivity contribution in [1.29, 1.82) is 0 Å². The Morgan fingerprint density at radius 3 is 2.67 bits per heavy atom. The van der Waals surface area contributed by atoms with Crippen molar-refractivity contribution < 1.29 is 14.3 Å². The molecule has 0 N–H and O–H groups in total. The molecule has 68 valence electrons. The van der Waals surface area contributed by atoms with Crippen LogP contribution in [0.15, 0.2) is 0 Å². The third-order valence-electron chi connectivity index (χ3n) is 2.13. The summed E-state index contributed by atoms with van der Waals surface area (Å²) in [5, 5.41) is 0. The average molecular weight is 171 g/mol. The Bertz CT molecular complexity index is 202. The number of carbonyl (C=O) groups excluding carboxylic acids is 2. The van der Waals surface area contributed by atoms with Crippen molar-refractivity contribution in [3.05, 3.63) is 0 Å². The van der Waals surface area contributed by atoms with Crippen LogP contribution in [0.3, 0.4) is 0 Å². The molecular weight excluding hydrogens is 158 g/mol. The smallest absolute Gasteiger partial charge is 0.328 e. The Hall–Kier alpha value is -1.06. The Morgan fingerprint density at radius 1 is 1.50 bits per heavy atom. The molecule has 1 atom stereocenters. The number of nitrogens with zero attached hydrogens (tertiary/aromatic N) is 1. The van der Waals surface area contributed by atoms with Gasteiger partial charge in [0.25, 0.3) is 0 Å². The van der Waals surface area contributed by atoms with Crippen LogP contribution in [0.5, 0.6) is 0 Å². The number of hydrogen-bond donors (Lipinski definition) is 0. The van der Waals surface area contributed by atoms with Crippen molar-refractivity contribution in [2.45, 2.75) is 25.8 Å². The Kier molecular flexibility index (Phi) is 2.68. The summed E-state index contributed by atoms with van der Waals surface area (Å²) in [7, 11) is 1.35. The Morgan fingerprint density at radius 2 is 2.17 bits per heavy atom. The van der Waals surface area contributed by atoms with Crippen molar-refractivity contribution in [2.75, 3.05) is 13.7 Å². The van der Waals surface area contributed by atoms with Crippen LogP contribution in [0.4, 0.5) is 0 Å². The number of ether oxygens (including phenoxy) is 1. The van der Waals surface area contributed by atoms with Gasteiger partial charge in [-0.3, -0.25) is 4.79 Å². The summed E-state index contributed by atoms with van der Waals surface area (Å²) in [5.74, 6) is -0.356. The fraction of sp³-hybridized carbons (Fsp3) is 0.750. The fourth-order valence-corrected chi connectivity index (χ4v) is 1.52. The standard InChI is InChI=1S/C8H13NO3/c1-6(10)9-5-3-4-7(9)8(11)12-2/h7H,3-5H2,1-2H3. The minimum absolute atomic E-state index is 0.0529. The molecular formula is C8H13NO3. The minimum atomic E-state index is -0.340. The lowest BCUT2D eigenvalue weighted by Crippen LogP contribution is -2.39. The number of carbonyl (C=O) groups is 2. The van der Waals surface area contributed by atoms with Crippen LogP contribution in [-0.4, -0.2) is 36.5 Å². The molecule has 4 heteroatoms. The summed E-state index contributed by atoms with van der Waals surface area (Å²) in [4.78, 5) is 23.7. The maximum Gasteiger partial charge on any atom is 0.328 e. The molecule has 1 aliphatic heterocycles. The highest BCUT2D eigenvalue weighted by Crippen LogP contribution is 2.17. The molecule has 1 amide bonds. The van der Waals surface area contributed by atoms with E-state index in [0.717, 1.165) is 12.8 Å². The Labute approximate surface area is 71.5 Å². The normalized spacial score (nSPS) is 22.5. The van der Waals surface area contributed by atoms with Gasteiger partial charge in [0.15, 0.2) is 0 Å². The molecule has 0 aromatic carbocycles. The van der Waals surface area contributed by atoms with E-state index in [4.69, 9.17) is 0 Å². The van der Waals surface area contributed by atoms with Crippen LogP contribution in [0.2, 0.25) is 0 Å². The maximum absolute atomic E-state index is 11.1. The topological polar surface area (TPSA) is 46.6 Å². The van der Waals surface area contributed by atoms with Crippen LogP contribution < -0.4 is 0 Å². The molecule has 0 aromatic rings. The lowest BCUT2D eigenvalue weighted by atomic mass is 10.2. The summed E-state index contributed by atoms with van der Waals surface area (Å²) >= 11 is 0. The molecule has 1 rings (SSSR count). The first-order valence-corrected chi connectivity index (χ1v) is 4.02. The van der Waals surface area contributed by atoms with Gasteiger partial charge in [-0.2, -0.15) is 0 Å². The molecule has 1 saturated heterocycles. The first kappa shape index (κ1) is 9.03. The molecule has 1 aliphatic rings. The highest BCUT2D eigenvalue weighted by Gasteiger charge is 2.32. The van der Waals surface area contributed by atoms with Crippen LogP contribution in [0.25, 0.3) is 0 Å². The van der Waals surface area contributed by atoms with Gasteiger partial charge in [-0.1, -0.05) is 0 Å². The van der Waals surface area contributed by atoms with E-state index in [0.29, 0.717) is 6.54 Å². The summed E-state index contributed by atoms with van der Waals surface area (Å²) in [6, 6.07) is -0.340. The van der Waals surface area contributed by atoms with E-state index in [1.54, 1.807) is 4.90 Å². The molecule has 0 bridgehead atoms. The lowest BCUT2D eigenvalue weighted by molar-refractivity contribution is -0.150. The number of esters is 1. The molecule has 12 heavy (non-hydrogen) atoms. The van der Waals surface area contributed by atoms with Gasteiger partial charge in [-0.05, 0) is 12.8 Å². The third kappa shape index (κ3) is 1.57. The second-order valence-electron chi connectivity index (χ2n) is 2.89. The number of rotatable bonds is 1. The highest BCUT2D eigenvalue weighted by atomic mass is 16.5. The van der Waals surface area contributed by atoms with E-state index >= 15 is 0 Å². The van der Waals surface area contributed by atoms with Crippen molar-refractivity contribution in [2.24, 2.45) is 0 Å².